The minimum absolute atomic E-state index is 0.0848. The van der Waals surface area contributed by atoms with Crippen LogP contribution in [0.1, 0.15) is 17.2 Å². The lowest BCUT2D eigenvalue weighted by atomic mass is 10.1. The molecule has 1 fully saturated rings. The first-order chi connectivity index (χ1) is 13.2. The number of fused-ring (bicyclic) bond motifs is 1. The van der Waals surface area contributed by atoms with Gasteiger partial charge in [0.25, 0.3) is 0 Å². The molecule has 1 heterocycles. The van der Waals surface area contributed by atoms with E-state index in [2.05, 4.69) is 5.32 Å². The SMILES string of the molecule is O=C(Nc1cccc2ccccc12)N1CCSC(c2ccccc2F)CC1. The number of anilines is 1. The Labute approximate surface area is 162 Å². The Morgan fingerprint density at radius 1 is 1.00 bits per heavy atom. The van der Waals surface area contributed by atoms with Crippen LogP contribution in [-0.2, 0) is 0 Å². The Kier molecular flexibility index (Phi) is 5.30. The summed E-state index contributed by atoms with van der Waals surface area (Å²) < 4.78 is 14.1. The van der Waals surface area contributed by atoms with E-state index in [0.29, 0.717) is 13.1 Å². The van der Waals surface area contributed by atoms with Gasteiger partial charge in [-0.1, -0.05) is 54.6 Å². The number of amides is 2. The molecule has 3 aromatic carbocycles. The van der Waals surface area contributed by atoms with E-state index in [-0.39, 0.29) is 17.1 Å². The first kappa shape index (κ1) is 17.9. The fraction of sp³-hybridized carbons (Fsp3) is 0.227. The fourth-order valence-electron chi connectivity index (χ4n) is 3.49. The summed E-state index contributed by atoms with van der Waals surface area (Å²) in [6.07, 6.45) is 0.745. The van der Waals surface area contributed by atoms with E-state index in [1.807, 2.05) is 59.5 Å². The van der Waals surface area contributed by atoms with Crippen molar-refractivity contribution in [2.75, 3.05) is 24.2 Å². The first-order valence-corrected chi connectivity index (χ1v) is 10.2. The molecule has 4 rings (SSSR count). The van der Waals surface area contributed by atoms with Gasteiger partial charge in [0.1, 0.15) is 5.82 Å². The standard InChI is InChI=1S/C22H21FN2OS/c23-19-10-4-3-9-18(19)21-12-13-25(14-15-27-21)22(26)24-20-11-5-7-16-6-1-2-8-17(16)20/h1-11,21H,12-15H2,(H,24,26). The topological polar surface area (TPSA) is 32.3 Å². The zero-order valence-electron chi connectivity index (χ0n) is 14.9. The molecule has 0 aromatic heterocycles. The first-order valence-electron chi connectivity index (χ1n) is 9.12. The van der Waals surface area contributed by atoms with Crippen LogP contribution in [0.2, 0.25) is 0 Å². The molecule has 138 valence electrons. The Bertz CT molecular complexity index is 956. The summed E-state index contributed by atoms with van der Waals surface area (Å²) in [6, 6.07) is 20.8. The van der Waals surface area contributed by atoms with Gasteiger partial charge >= 0.3 is 6.03 Å². The quantitative estimate of drug-likeness (QED) is 0.619. The number of hydrogen-bond acceptors (Lipinski definition) is 2. The highest BCUT2D eigenvalue weighted by Gasteiger charge is 2.24. The van der Waals surface area contributed by atoms with Crippen LogP contribution in [0.5, 0.6) is 0 Å². The molecule has 1 aliphatic rings. The number of carbonyl (C=O) groups is 1. The van der Waals surface area contributed by atoms with Crippen LogP contribution in [0.4, 0.5) is 14.9 Å². The van der Waals surface area contributed by atoms with E-state index in [0.717, 1.165) is 34.2 Å². The summed E-state index contributed by atoms with van der Waals surface area (Å²) >= 11 is 1.72. The summed E-state index contributed by atoms with van der Waals surface area (Å²) in [5, 5.41) is 5.26. The number of benzene rings is 3. The van der Waals surface area contributed by atoms with Crippen LogP contribution in [0, 0.1) is 5.82 Å². The molecule has 1 N–H and O–H groups in total. The summed E-state index contributed by atoms with van der Waals surface area (Å²) in [5.74, 6) is 0.630. The molecule has 3 aromatic rings. The molecular formula is C22H21FN2OS. The number of halogens is 1. The number of carbonyl (C=O) groups excluding carboxylic acids is 1. The third-order valence-corrected chi connectivity index (χ3v) is 6.22. The van der Waals surface area contributed by atoms with E-state index < -0.39 is 0 Å². The van der Waals surface area contributed by atoms with Gasteiger partial charge in [-0.25, -0.2) is 9.18 Å². The largest absolute Gasteiger partial charge is 0.324 e. The minimum Gasteiger partial charge on any atom is -0.324 e. The second-order valence-electron chi connectivity index (χ2n) is 6.61. The lowest BCUT2D eigenvalue weighted by molar-refractivity contribution is 0.215. The molecule has 0 saturated carbocycles. The molecule has 1 unspecified atom stereocenters. The monoisotopic (exact) mass is 380 g/mol. The second kappa shape index (κ2) is 8.01. The van der Waals surface area contributed by atoms with E-state index in [9.17, 15) is 9.18 Å². The molecule has 0 spiro atoms. The van der Waals surface area contributed by atoms with Gasteiger partial charge in [-0.15, -0.1) is 0 Å². The average molecular weight is 380 g/mol. The van der Waals surface area contributed by atoms with Crippen molar-refractivity contribution in [1.82, 2.24) is 4.90 Å². The third kappa shape index (κ3) is 3.93. The van der Waals surface area contributed by atoms with Crippen molar-refractivity contribution in [1.29, 1.82) is 0 Å². The highest BCUT2D eigenvalue weighted by Crippen LogP contribution is 2.35. The Morgan fingerprint density at radius 3 is 2.67 bits per heavy atom. The van der Waals surface area contributed by atoms with E-state index in [4.69, 9.17) is 0 Å². The van der Waals surface area contributed by atoms with Gasteiger partial charge in [0.05, 0.1) is 5.69 Å². The summed E-state index contributed by atoms with van der Waals surface area (Å²) in [7, 11) is 0. The fourth-order valence-corrected chi connectivity index (χ4v) is 4.74. The van der Waals surface area contributed by atoms with E-state index in [1.165, 1.54) is 6.07 Å². The van der Waals surface area contributed by atoms with Crippen LogP contribution >= 0.6 is 11.8 Å². The molecular weight excluding hydrogens is 359 g/mol. The number of rotatable bonds is 2. The Hall–Kier alpha value is -2.53. The van der Waals surface area contributed by atoms with E-state index in [1.54, 1.807) is 17.8 Å². The molecule has 1 aliphatic heterocycles. The van der Waals surface area contributed by atoms with Gasteiger partial charge in [0, 0.05) is 35.0 Å². The summed E-state index contributed by atoms with van der Waals surface area (Å²) in [6.45, 7) is 1.27. The number of nitrogens with zero attached hydrogens (tertiary/aromatic N) is 1. The molecule has 27 heavy (non-hydrogen) atoms. The molecule has 2 amide bonds. The normalized spacial score (nSPS) is 17.5. The van der Waals surface area contributed by atoms with Crippen molar-refractivity contribution < 1.29 is 9.18 Å². The van der Waals surface area contributed by atoms with Crippen molar-refractivity contribution in [3.8, 4) is 0 Å². The number of hydrogen-bond donors (Lipinski definition) is 1. The minimum atomic E-state index is -0.163. The average Bonchev–Trinajstić information content (AvgIpc) is 2.95. The maximum Gasteiger partial charge on any atom is 0.321 e. The maximum absolute atomic E-state index is 14.1. The van der Waals surface area contributed by atoms with Gasteiger partial charge in [0.2, 0.25) is 0 Å². The number of nitrogens with one attached hydrogen (secondary N) is 1. The Balaban J connectivity index is 1.46. The smallest absolute Gasteiger partial charge is 0.321 e. The van der Waals surface area contributed by atoms with Crippen LogP contribution in [0.3, 0.4) is 0 Å². The van der Waals surface area contributed by atoms with Crippen LogP contribution < -0.4 is 5.32 Å². The number of urea groups is 1. The Morgan fingerprint density at radius 2 is 1.78 bits per heavy atom. The summed E-state index contributed by atoms with van der Waals surface area (Å²) in [5.41, 5.74) is 1.56. The van der Waals surface area contributed by atoms with Crippen molar-refractivity contribution in [3.63, 3.8) is 0 Å². The van der Waals surface area contributed by atoms with E-state index >= 15 is 0 Å². The predicted octanol–water partition coefficient (Wildman–Crippen LogP) is 5.69. The van der Waals surface area contributed by atoms with Crippen LogP contribution in [-0.4, -0.2) is 29.8 Å². The second-order valence-corrected chi connectivity index (χ2v) is 7.92. The predicted molar refractivity (Wildman–Crippen MR) is 111 cm³/mol. The molecule has 1 saturated heterocycles. The van der Waals surface area contributed by atoms with Crippen LogP contribution in [0.25, 0.3) is 10.8 Å². The summed E-state index contributed by atoms with van der Waals surface area (Å²) in [4.78, 5) is 14.6. The van der Waals surface area contributed by atoms with Crippen molar-refractivity contribution in [2.45, 2.75) is 11.7 Å². The van der Waals surface area contributed by atoms with Gasteiger partial charge < -0.3 is 10.2 Å². The lowest BCUT2D eigenvalue weighted by Gasteiger charge is -2.21. The molecule has 1 atom stereocenters. The highest BCUT2D eigenvalue weighted by molar-refractivity contribution is 7.99. The molecule has 0 bridgehead atoms. The van der Waals surface area contributed by atoms with Gasteiger partial charge in [-0.3, -0.25) is 0 Å². The number of thioether (sulfide) groups is 1. The zero-order chi connectivity index (χ0) is 18.6. The van der Waals surface area contributed by atoms with Gasteiger partial charge in [0.15, 0.2) is 0 Å². The van der Waals surface area contributed by atoms with Crippen molar-refractivity contribution in [3.05, 3.63) is 78.1 Å². The lowest BCUT2D eigenvalue weighted by Crippen LogP contribution is -2.36. The van der Waals surface area contributed by atoms with Crippen molar-refractivity contribution in [2.24, 2.45) is 0 Å². The van der Waals surface area contributed by atoms with Crippen molar-refractivity contribution >= 4 is 34.3 Å². The molecule has 0 radical (unpaired) electrons. The molecule has 5 heteroatoms. The zero-order valence-corrected chi connectivity index (χ0v) is 15.7. The molecule has 3 nitrogen and oxygen atoms in total. The highest BCUT2D eigenvalue weighted by atomic mass is 32.2. The molecule has 0 aliphatic carbocycles. The maximum atomic E-state index is 14.1. The van der Waals surface area contributed by atoms with Gasteiger partial charge in [-0.2, -0.15) is 11.8 Å². The van der Waals surface area contributed by atoms with Crippen LogP contribution in [0.15, 0.2) is 66.7 Å². The third-order valence-electron chi connectivity index (χ3n) is 4.91. The van der Waals surface area contributed by atoms with Gasteiger partial charge in [-0.05, 0) is 23.9 Å².